The molecule has 0 aliphatic heterocycles. The normalized spacial score (nSPS) is 25.4. The lowest BCUT2D eigenvalue weighted by atomic mass is 9.80. The quantitative estimate of drug-likeness (QED) is 0.826. The Morgan fingerprint density at radius 1 is 1.14 bits per heavy atom. The summed E-state index contributed by atoms with van der Waals surface area (Å²) in [6.45, 7) is 0. The highest BCUT2D eigenvalue weighted by Crippen LogP contribution is 2.43. The summed E-state index contributed by atoms with van der Waals surface area (Å²) >= 11 is 0. The van der Waals surface area contributed by atoms with Gasteiger partial charge in [0.1, 0.15) is 5.76 Å². The topological polar surface area (TPSA) is 90.7 Å². The van der Waals surface area contributed by atoms with Gasteiger partial charge < -0.3 is 10.1 Å². The summed E-state index contributed by atoms with van der Waals surface area (Å²) in [4.78, 5) is 19.6. The zero-order valence-electron chi connectivity index (χ0n) is 12.0. The van der Waals surface area contributed by atoms with E-state index in [4.69, 9.17) is 0 Å². The molecule has 2 aromatic rings. The molecule has 2 atom stereocenters. The second-order valence-electron chi connectivity index (χ2n) is 5.87. The number of para-hydroxylation sites is 2. The lowest BCUT2D eigenvalue weighted by Gasteiger charge is -2.23. The molecular formula is C16H16N4O2. The predicted molar refractivity (Wildman–Crippen MR) is 80.7 cm³/mol. The van der Waals surface area contributed by atoms with Gasteiger partial charge in [-0.15, -0.1) is 10.2 Å². The van der Waals surface area contributed by atoms with Crippen LogP contribution in [0.15, 0.2) is 46.0 Å². The average Bonchev–Trinajstić information content (AvgIpc) is 3.06. The molecule has 1 aromatic carbocycles. The molecule has 1 fully saturated rings. The highest BCUT2D eigenvalue weighted by Gasteiger charge is 2.43. The number of carbonyl (C=O) groups excluding carboxylic acids is 1. The van der Waals surface area contributed by atoms with Gasteiger partial charge in [0, 0.05) is 11.8 Å². The minimum atomic E-state index is -0.113. The number of benzene rings is 1. The molecule has 2 aliphatic rings. The van der Waals surface area contributed by atoms with Crippen molar-refractivity contribution in [3.05, 3.63) is 35.7 Å². The number of hydrogen-bond donors (Lipinski definition) is 2. The molecule has 22 heavy (non-hydrogen) atoms. The highest BCUT2D eigenvalue weighted by atomic mass is 16.3. The average molecular weight is 296 g/mol. The van der Waals surface area contributed by atoms with E-state index in [-0.39, 0.29) is 29.1 Å². The standard InChI is InChI=1S/C16H16N4O2/c21-14-9-5-1-2-6-10(9)15(22)13(14)19-20-16-17-11-7-3-4-8-12(11)18-16/h3-4,7-10,21H,1-2,5-6H2,(H,17,18). The molecular weight excluding hydrogens is 280 g/mol. The lowest BCUT2D eigenvalue weighted by Crippen LogP contribution is -2.21. The molecule has 6 heteroatoms. The van der Waals surface area contributed by atoms with Gasteiger partial charge in [0.05, 0.1) is 11.0 Å². The van der Waals surface area contributed by atoms with Crippen molar-refractivity contribution in [2.45, 2.75) is 25.7 Å². The van der Waals surface area contributed by atoms with Crippen LogP contribution in [0.4, 0.5) is 5.95 Å². The number of ketones is 1. The second kappa shape index (κ2) is 5.05. The number of allylic oxidation sites excluding steroid dienone is 2. The van der Waals surface area contributed by atoms with Crippen molar-refractivity contribution >= 4 is 22.8 Å². The lowest BCUT2D eigenvalue weighted by molar-refractivity contribution is -0.120. The first kappa shape index (κ1) is 13.2. The van der Waals surface area contributed by atoms with E-state index in [1.54, 1.807) is 0 Å². The SMILES string of the molecule is O=C1C(N=Nc2nc3ccccc3[nH]2)=C(O)C2CCCCC12. The molecule has 112 valence electrons. The van der Waals surface area contributed by atoms with Crippen LogP contribution in [0.25, 0.3) is 11.0 Å². The zero-order chi connectivity index (χ0) is 15.1. The maximum atomic E-state index is 12.3. The van der Waals surface area contributed by atoms with Crippen molar-refractivity contribution in [3.8, 4) is 0 Å². The number of fused-ring (bicyclic) bond motifs is 2. The number of aromatic nitrogens is 2. The van der Waals surface area contributed by atoms with E-state index in [1.807, 2.05) is 24.3 Å². The van der Waals surface area contributed by atoms with Crippen molar-refractivity contribution in [2.75, 3.05) is 0 Å². The van der Waals surface area contributed by atoms with E-state index in [0.29, 0.717) is 5.95 Å². The molecule has 0 saturated heterocycles. The number of aliphatic hydroxyl groups is 1. The first-order valence-electron chi connectivity index (χ1n) is 7.58. The van der Waals surface area contributed by atoms with Crippen molar-refractivity contribution < 1.29 is 9.90 Å². The third-order valence-corrected chi connectivity index (χ3v) is 4.55. The van der Waals surface area contributed by atoms with Gasteiger partial charge in [-0.2, -0.15) is 0 Å². The molecule has 0 amide bonds. The number of H-pyrrole nitrogens is 1. The van der Waals surface area contributed by atoms with E-state index in [0.717, 1.165) is 36.7 Å². The number of nitrogens with one attached hydrogen (secondary N) is 1. The smallest absolute Gasteiger partial charge is 0.247 e. The number of imidazole rings is 1. The van der Waals surface area contributed by atoms with Crippen LogP contribution in [-0.4, -0.2) is 20.9 Å². The minimum absolute atomic E-state index is 0.0640. The summed E-state index contributed by atoms with van der Waals surface area (Å²) in [5.74, 6) is 0.185. The molecule has 2 N–H and O–H groups in total. The van der Waals surface area contributed by atoms with Crippen molar-refractivity contribution in [3.63, 3.8) is 0 Å². The number of nitrogens with zero attached hydrogens (tertiary/aromatic N) is 3. The Kier molecular flexibility index (Phi) is 3.03. The largest absolute Gasteiger partial charge is 0.510 e. The molecule has 1 saturated carbocycles. The second-order valence-corrected chi connectivity index (χ2v) is 5.87. The number of carbonyl (C=O) groups is 1. The van der Waals surface area contributed by atoms with E-state index in [9.17, 15) is 9.90 Å². The molecule has 1 heterocycles. The van der Waals surface area contributed by atoms with Crippen LogP contribution in [0.5, 0.6) is 0 Å². The number of Topliss-reactive ketones (excluding diaryl/α,β-unsaturated/α-hetero) is 1. The van der Waals surface area contributed by atoms with Crippen LogP contribution in [-0.2, 0) is 4.79 Å². The van der Waals surface area contributed by atoms with Crippen LogP contribution in [0.3, 0.4) is 0 Å². The van der Waals surface area contributed by atoms with E-state index in [2.05, 4.69) is 20.2 Å². The van der Waals surface area contributed by atoms with Crippen molar-refractivity contribution in [1.29, 1.82) is 0 Å². The van der Waals surface area contributed by atoms with Gasteiger partial charge in [-0.25, -0.2) is 4.98 Å². The Bertz CT molecular complexity index is 772. The first-order chi connectivity index (χ1) is 10.7. The van der Waals surface area contributed by atoms with Crippen LogP contribution >= 0.6 is 0 Å². The summed E-state index contributed by atoms with van der Waals surface area (Å²) < 4.78 is 0. The Balaban J connectivity index is 1.64. The molecule has 0 radical (unpaired) electrons. The van der Waals surface area contributed by atoms with Crippen LogP contribution in [0, 0.1) is 11.8 Å². The van der Waals surface area contributed by atoms with E-state index < -0.39 is 0 Å². The summed E-state index contributed by atoms with van der Waals surface area (Å²) in [6.07, 6.45) is 3.77. The van der Waals surface area contributed by atoms with Crippen molar-refractivity contribution in [1.82, 2.24) is 9.97 Å². The van der Waals surface area contributed by atoms with Gasteiger partial charge in [0.15, 0.2) is 11.5 Å². The third-order valence-electron chi connectivity index (χ3n) is 4.55. The number of aliphatic hydroxyl groups excluding tert-OH is 1. The summed E-state index contributed by atoms with van der Waals surface area (Å²) in [6, 6.07) is 7.56. The summed E-state index contributed by atoms with van der Waals surface area (Å²) in [5.41, 5.74) is 1.76. The van der Waals surface area contributed by atoms with Crippen LogP contribution in [0.2, 0.25) is 0 Å². The van der Waals surface area contributed by atoms with E-state index in [1.165, 1.54) is 0 Å². The predicted octanol–water partition coefficient (Wildman–Crippen LogP) is 3.81. The fourth-order valence-electron chi connectivity index (χ4n) is 3.43. The molecule has 4 rings (SSSR count). The first-order valence-corrected chi connectivity index (χ1v) is 7.58. The van der Waals surface area contributed by atoms with Crippen LogP contribution < -0.4 is 0 Å². The highest BCUT2D eigenvalue weighted by molar-refractivity contribution is 6.00. The van der Waals surface area contributed by atoms with Crippen molar-refractivity contribution in [2.24, 2.45) is 22.1 Å². The van der Waals surface area contributed by atoms with Gasteiger partial charge in [-0.05, 0) is 25.0 Å². The number of aromatic amines is 1. The molecule has 0 spiro atoms. The number of rotatable bonds is 2. The maximum absolute atomic E-state index is 12.3. The Hall–Kier alpha value is -2.50. The van der Waals surface area contributed by atoms with Gasteiger partial charge in [-0.3, -0.25) is 4.79 Å². The maximum Gasteiger partial charge on any atom is 0.247 e. The molecule has 6 nitrogen and oxygen atoms in total. The minimum Gasteiger partial charge on any atom is -0.510 e. The van der Waals surface area contributed by atoms with Gasteiger partial charge >= 0.3 is 0 Å². The fourth-order valence-corrected chi connectivity index (χ4v) is 3.43. The molecule has 2 unspecified atom stereocenters. The number of azo groups is 1. The molecule has 2 aliphatic carbocycles. The molecule has 1 aromatic heterocycles. The number of hydrogen-bond acceptors (Lipinski definition) is 5. The van der Waals surface area contributed by atoms with E-state index >= 15 is 0 Å². The van der Waals surface area contributed by atoms with Gasteiger partial charge in [-0.1, -0.05) is 25.0 Å². The monoisotopic (exact) mass is 296 g/mol. The molecule has 0 bridgehead atoms. The Morgan fingerprint density at radius 3 is 2.68 bits per heavy atom. The summed E-state index contributed by atoms with van der Waals surface area (Å²) in [5, 5.41) is 18.2. The third kappa shape index (κ3) is 2.03. The van der Waals surface area contributed by atoms with Crippen LogP contribution in [0.1, 0.15) is 25.7 Å². The Labute approximate surface area is 127 Å². The fraction of sp³-hybridized carbons (Fsp3) is 0.375. The summed E-state index contributed by atoms with van der Waals surface area (Å²) in [7, 11) is 0. The Morgan fingerprint density at radius 2 is 1.91 bits per heavy atom. The zero-order valence-corrected chi connectivity index (χ0v) is 12.0. The van der Waals surface area contributed by atoms with Gasteiger partial charge in [0.2, 0.25) is 5.95 Å². The van der Waals surface area contributed by atoms with Gasteiger partial charge in [0.25, 0.3) is 0 Å².